The SMILES string of the molecule is Nc1ncc(-c2cnn(C3CCN(C(=O)O)CC3)c2)cc1-c1ncc2ccccc2c1F. The number of nitrogen functional groups attached to an aromatic ring is 1. The number of anilines is 1. The summed E-state index contributed by atoms with van der Waals surface area (Å²) < 4.78 is 17.1. The van der Waals surface area contributed by atoms with Crippen molar-refractivity contribution in [3.8, 4) is 22.4 Å². The number of nitrogens with two attached hydrogens (primary N) is 1. The number of aromatic nitrogens is 4. The van der Waals surface area contributed by atoms with E-state index in [1.165, 1.54) is 4.90 Å². The quantitative estimate of drug-likeness (QED) is 0.502. The number of fused-ring (bicyclic) bond motifs is 1. The molecule has 9 heteroatoms. The van der Waals surface area contributed by atoms with Crippen LogP contribution in [-0.2, 0) is 0 Å². The summed E-state index contributed by atoms with van der Waals surface area (Å²) in [7, 11) is 0. The van der Waals surface area contributed by atoms with Gasteiger partial charge in [0.15, 0.2) is 5.82 Å². The van der Waals surface area contributed by atoms with E-state index in [9.17, 15) is 4.79 Å². The number of pyridine rings is 2. The van der Waals surface area contributed by atoms with Gasteiger partial charge in [0.2, 0.25) is 0 Å². The number of likely N-dealkylation sites (tertiary alicyclic amines) is 1. The predicted molar refractivity (Wildman–Crippen MR) is 118 cm³/mol. The first-order valence-corrected chi connectivity index (χ1v) is 10.3. The van der Waals surface area contributed by atoms with Crippen molar-refractivity contribution in [1.82, 2.24) is 24.6 Å². The minimum atomic E-state index is -0.889. The van der Waals surface area contributed by atoms with Gasteiger partial charge in [0.25, 0.3) is 0 Å². The molecule has 4 heterocycles. The van der Waals surface area contributed by atoms with Crippen LogP contribution < -0.4 is 5.73 Å². The van der Waals surface area contributed by atoms with Crippen LogP contribution in [0.15, 0.2) is 55.1 Å². The molecule has 0 unspecified atom stereocenters. The van der Waals surface area contributed by atoms with Crippen LogP contribution in [0, 0.1) is 5.82 Å². The summed E-state index contributed by atoms with van der Waals surface area (Å²) in [5.41, 5.74) is 8.23. The van der Waals surface area contributed by atoms with Crippen molar-refractivity contribution in [3.63, 3.8) is 0 Å². The summed E-state index contributed by atoms with van der Waals surface area (Å²) in [6.45, 7) is 0.964. The molecule has 0 aliphatic carbocycles. The van der Waals surface area contributed by atoms with Crippen LogP contribution in [0.4, 0.5) is 15.0 Å². The van der Waals surface area contributed by atoms with Gasteiger partial charge in [0.05, 0.1) is 12.2 Å². The van der Waals surface area contributed by atoms with Gasteiger partial charge in [-0.3, -0.25) is 9.67 Å². The molecule has 32 heavy (non-hydrogen) atoms. The van der Waals surface area contributed by atoms with Gasteiger partial charge in [-0.25, -0.2) is 14.2 Å². The number of carboxylic acid groups (broad SMARTS) is 1. The number of carbonyl (C=O) groups is 1. The molecule has 0 bridgehead atoms. The number of rotatable bonds is 3. The van der Waals surface area contributed by atoms with E-state index in [0.717, 1.165) is 11.1 Å². The molecular formula is C23H21FN6O2. The summed E-state index contributed by atoms with van der Waals surface area (Å²) in [6, 6.07) is 9.04. The first-order valence-electron chi connectivity index (χ1n) is 10.3. The molecule has 0 saturated carbocycles. The predicted octanol–water partition coefficient (Wildman–Crippen LogP) is 4.20. The first kappa shape index (κ1) is 19.9. The molecule has 1 aromatic carbocycles. The fraction of sp³-hybridized carbons (Fsp3) is 0.217. The lowest BCUT2D eigenvalue weighted by Gasteiger charge is -2.30. The highest BCUT2D eigenvalue weighted by Crippen LogP contribution is 2.33. The normalized spacial score (nSPS) is 14.7. The third kappa shape index (κ3) is 3.51. The lowest BCUT2D eigenvalue weighted by molar-refractivity contribution is 0.124. The third-order valence-electron chi connectivity index (χ3n) is 5.96. The number of halogens is 1. The van der Waals surface area contributed by atoms with E-state index in [-0.39, 0.29) is 17.6 Å². The highest BCUT2D eigenvalue weighted by atomic mass is 19.1. The van der Waals surface area contributed by atoms with E-state index >= 15 is 4.39 Å². The summed E-state index contributed by atoms with van der Waals surface area (Å²) in [6.07, 6.45) is 7.40. The summed E-state index contributed by atoms with van der Waals surface area (Å²) >= 11 is 0. The Kier molecular flexibility index (Phi) is 4.93. The number of benzene rings is 1. The Morgan fingerprint density at radius 1 is 1.09 bits per heavy atom. The van der Waals surface area contributed by atoms with Crippen LogP contribution in [0.5, 0.6) is 0 Å². The molecule has 1 aliphatic heterocycles. The average molecular weight is 432 g/mol. The second kappa shape index (κ2) is 7.92. The zero-order valence-corrected chi connectivity index (χ0v) is 17.1. The Bertz CT molecular complexity index is 1310. The van der Waals surface area contributed by atoms with Gasteiger partial charge >= 0.3 is 6.09 Å². The van der Waals surface area contributed by atoms with Crippen molar-refractivity contribution >= 4 is 22.7 Å². The van der Waals surface area contributed by atoms with Crippen molar-refractivity contribution in [2.45, 2.75) is 18.9 Å². The van der Waals surface area contributed by atoms with Crippen LogP contribution in [0.25, 0.3) is 33.2 Å². The van der Waals surface area contributed by atoms with Gasteiger partial charge in [-0.05, 0) is 18.9 Å². The van der Waals surface area contributed by atoms with Crippen molar-refractivity contribution in [2.75, 3.05) is 18.8 Å². The average Bonchev–Trinajstić information content (AvgIpc) is 3.30. The Labute approximate surface area is 183 Å². The smallest absolute Gasteiger partial charge is 0.407 e. The molecule has 1 aliphatic rings. The topological polar surface area (TPSA) is 110 Å². The Morgan fingerprint density at radius 3 is 2.66 bits per heavy atom. The van der Waals surface area contributed by atoms with Crippen LogP contribution in [0.1, 0.15) is 18.9 Å². The highest BCUT2D eigenvalue weighted by Gasteiger charge is 2.24. The van der Waals surface area contributed by atoms with Gasteiger partial charge in [-0.1, -0.05) is 24.3 Å². The van der Waals surface area contributed by atoms with Crippen LogP contribution >= 0.6 is 0 Å². The second-order valence-electron chi connectivity index (χ2n) is 7.87. The van der Waals surface area contributed by atoms with Crippen molar-refractivity contribution in [2.24, 2.45) is 0 Å². The molecule has 0 radical (unpaired) electrons. The van der Waals surface area contributed by atoms with Gasteiger partial charge in [0, 0.05) is 59.1 Å². The monoisotopic (exact) mass is 432 g/mol. The minimum Gasteiger partial charge on any atom is -0.465 e. The molecule has 1 fully saturated rings. The van der Waals surface area contributed by atoms with Crippen LogP contribution in [-0.4, -0.2) is 48.9 Å². The maximum atomic E-state index is 15.2. The van der Waals surface area contributed by atoms with Gasteiger partial charge in [0.1, 0.15) is 11.5 Å². The third-order valence-corrected chi connectivity index (χ3v) is 5.96. The van der Waals surface area contributed by atoms with Gasteiger partial charge in [-0.2, -0.15) is 5.10 Å². The Morgan fingerprint density at radius 2 is 1.88 bits per heavy atom. The molecule has 1 saturated heterocycles. The number of hydrogen-bond donors (Lipinski definition) is 2. The first-order chi connectivity index (χ1) is 15.5. The van der Waals surface area contributed by atoms with Crippen molar-refractivity contribution in [1.29, 1.82) is 0 Å². The van der Waals surface area contributed by atoms with Crippen molar-refractivity contribution < 1.29 is 14.3 Å². The van der Waals surface area contributed by atoms with E-state index < -0.39 is 11.9 Å². The number of piperidine rings is 1. The molecule has 0 atom stereocenters. The zero-order chi connectivity index (χ0) is 22.2. The van der Waals surface area contributed by atoms with Gasteiger partial charge in [-0.15, -0.1) is 0 Å². The van der Waals surface area contributed by atoms with Crippen molar-refractivity contribution in [3.05, 3.63) is 60.9 Å². The molecule has 5 rings (SSSR count). The second-order valence-corrected chi connectivity index (χ2v) is 7.87. The summed E-state index contributed by atoms with van der Waals surface area (Å²) in [4.78, 5) is 21.1. The number of nitrogens with zero attached hydrogens (tertiary/aromatic N) is 5. The maximum Gasteiger partial charge on any atom is 0.407 e. The molecule has 3 aromatic heterocycles. The molecule has 162 valence electrons. The lowest BCUT2D eigenvalue weighted by Crippen LogP contribution is -2.38. The fourth-order valence-corrected chi connectivity index (χ4v) is 4.15. The molecule has 3 N–H and O–H groups in total. The largest absolute Gasteiger partial charge is 0.465 e. The highest BCUT2D eigenvalue weighted by molar-refractivity contribution is 5.88. The van der Waals surface area contributed by atoms with Crippen LogP contribution in [0.2, 0.25) is 0 Å². The van der Waals surface area contributed by atoms with Gasteiger partial charge < -0.3 is 15.7 Å². The standard InChI is InChI=1S/C23H21FN6O2/c24-20-18-4-2-1-3-14(18)10-26-21(20)19-9-15(11-27-22(19)25)16-12-28-30(13-16)17-5-7-29(8-6-17)23(31)32/h1-4,9-13,17H,5-8H2,(H2,25,27)(H,31,32). The van der Waals surface area contributed by atoms with E-state index in [1.54, 1.807) is 36.8 Å². The zero-order valence-electron chi connectivity index (χ0n) is 17.1. The molecule has 0 spiro atoms. The molecule has 1 amide bonds. The fourth-order valence-electron chi connectivity index (χ4n) is 4.15. The Hall–Kier alpha value is -4.01. The van der Waals surface area contributed by atoms with E-state index in [4.69, 9.17) is 10.8 Å². The molecule has 8 nitrogen and oxygen atoms in total. The van der Waals surface area contributed by atoms with E-state index in [1.807, 2.05) is 23.0 Å². The Balaban J connectivity index is 1.45. The minimum absolute atomic E-state index is 0.125. The maximum absolute atomic E-state index is 15.2. The summed E-state index contributed by atoms with van der Waals surface area (Å²) in [5.74, 6) is -0.237. The summed E-state index contributed by atoms with van der Waals surface area (Å²) in [5, 5.41) is 14.8. The van der Waals surface area contributed by atoms with Crippen LogP contribution in [0.3, 0.4) is 0 Å². The molecule has 4 aromatic rings. The number of hydrogen-bond acceptors (Lipinski definition) is 5. The number of amides is 1. The van der Waals surface area contributed by atoms with E-state index in [0.29, 0.717) is 42.3 Å². The molecular weight excluding hydrogens is 411 g/mol. The van der Waals surface area contributed by atoms with E-state index in [2.05, 4.69) is 15.1 Å². The lowest BCUT2D eigenvalue weighted by atomic mass is 10.0.